The van der Waals surface area contributed by atoms with Crippen LogP contribution in [0.25, 0.3) is 21.8 Å². The van der Waals surface area contributed by atoms with Crippen molar-refractivity contribution >= 4 is 40.1 Å². The van der Waals surface area contributed by atoms with Crippen LogP contribution >= 0.6 is 0 Å². The molecule has 3 saturated heterocycles. The third kappa shape index (κ3) is 8.00. The summed E-state index contributed by atoms with van der Waals surface area (Å²) in [6, 6.07) is 26.2. The maximum atomic E-state index is 13.2. The molecule has 0 radical (unpaired) electrons. The van der Waals surface area contributed by atoms with Crippen molar-refractivity contribution in [2.75, 3.05) is 19.6 Å². The van der Waals surface area contributed by atoms with Gasteiger partial charge in [0.15, 0.2) is 0 Å². The molecule has 4 aliphatic rings. The van der Waals surface area contributed by atoms with Crippen LogP contribution in [0.15, 0.2) is 91.3 Å². The number of H-pyrrole nitrogens is 2. The van der Waals surface area contributed by atoms with Gasteiger partial charge < -0.3 is 38.9 Å². The largest absolute Gasteiger partial charge is 0.445 e. The Morgan fingerprint density at radius 2 is 1.14 bits per heavy atom. The lowest BCUT2D eigenvalue weighted by Crippen LogP contribution is -2.44. The zero-order valence-electron chi connectivity index (χ0n) is 34.6. The van der Waals surface area contributed by atoms with Gasteiger partial charge in [-0.25, -0.2) is 14.4 Å². The molecule has 1 aliphatic carbocycles. The van der Waals surface area contributed by atoms with Gasteiger partial charge in [-0.2, -0.15) is 0 Å². The van der Waals surface area contributed by atoms with Crippen LogP contribution in [0.5, 0.6) is 0 Å². The summed E-state index contributed by atoms with van der Waals surface area (Å²) in [5, 5.41) is 2.40. The summed E-state index contributed by atoms with van der Waals surface area (Å²) in [5.74, 6) is 0.970. The van der Waals surface area contributed by atoms with E-state index in [9.17, 15) is 14.4 Å². The van der Waals surface area contributed by atoms with Crippen LogP contribution in [-0.4, -0.2) is 91.9 Å². The molecule has 5 aromatic rings. The molecule has 58 heavy (non-hydrogen) atoms. The van der Waals surface area contributed by atoms with Crippen molar-refractivity contribution in [3.05, 3.63) is 108 Å². The Balaban J connectivity index is 0.000000172. The lowest BCUT2D eigenvalue weighted by molar-refractivity contribution is 0.0197. The maximum Gasteiger partial charge on any atom is 0.410 e. The molecule has 306 valence electrons. The first-order valence-electron chi connectivity index (χ1n) is 20.8. The average molecular weight is 788 g/mol. The zero-order chi connectivity index (χ0) is 40.8. The van der Waals surface area contributed by atoms with E-state index < -0.39 is 11.2 Å². The Hall–Kier alpha value is -5.45. The fourth-order valence-electron chi connectivity index (χ4n) is 9.89. The van der Waals surface area contributed by atoms with Crippen molar-refractivity contribution in [3.63, 3.8) is 0 Å². The van der Waals surface area contributed by atoms with Crippen molar-refractivity contribution in [1.82, 2.24) is 24.7 Å². The minimum absolute atomic E-state index is 0.0413. The number of hydrogen-bond donors (Lipinski definition) is 2. The van der Waals surface area contributed by atoms with Crippen LogP contribution in [0.4, 0.5) is 14.4 Å². The number of hydrogen-bond acceptors (Lipinski definition) is 6. The molecule has 5 heterocycles. The summed E-state index contributed by atoms with van der Waals surface area (Å²) in [6.07, 6.45) is 7.48. The SMILES string of the molecule is CC(C)(C)OC(=O)N1CC[C@@H]2[C@H]1[C@H](c1c[nH]c3ccccc13)CN2C(=O)OCc1ccccc1.CC(C)(C)OC(=O)N1CC[C@H]2CC[C@@H](c3c[nH]c4ccccc34)[C@H]21. The molecule has 0 spiro atoms. The standard InChI is InChI=1S/C27H31N3O4.C20H26N2O2/c1-27(2,3)34-26(32)29-14-13-23-24(29)21(20-15-28-22-12-8-7-11-19(20)22)16-30(23)25(31)33-17-18-9-5-4-6-10-18;1-20(2,3)24-19(23)22-11-10-13-8-9-15(18(13)22)16-12-21-17-7-5-4-6-14(16)17/h4-12,15,21,23-24,28H,13-14,16-17H2,1-3H3;4-7,12-13,15,18,21H,8-11H2,1-3H3/t21-,23+,24+;13-,15+,18+/m01/s1. The van der Waals surface area contributed by atoms with Gasteiger partial charge in [0, 0.05) is 71.7 Å². The molecule has 2 N–H and O–H groups in total. The van der Waals surface area contributed by atoms with E-state index in [-0.39, 0.29) is 48.9 Å². The number of likely N-dealkylation sites (tertiary alicyclic amines) is 3. The second kappa shape index (κ2) is 15.7. The molecule has 11 nitrogen and oxygen atoms in total. The van der Waals surface area contributed by atoms with Gasteiger partial charge in [-0.3, -0.25) is 0 Å². The minimum Gasteiger partial charge on any atom is -0.445 e. The predicted octanol–water partition coefficient (Wildman–Crippen LogP) is 9.95. The van der Waals surface area contributed by atoms with Gasteiger partial charge in [0.25, 0.3) is 0 Å². The molecule has 4 fully saturated rings. The van der Waals surface area contributed by atoms with E-state index in [1.165, 1.54) is 22.9 Å². The smallest absolute Gasteiger partial charge is 0.410 e. The number of para-hydroxylation sites is 2. The Morgan fingerprint density at radius 1 is 0.603 bits per heavy atom. The third-order valence-electron chi connectivity index (χ3n) is 12.2. The van der Waals surface area contributed by atoms with Gasteiger partial charge in [0.1, 0.15) is 17.8 Å². The van der Waals surface area contributed by atoms with E-state index in [0.29, 0.717) is 31.3 Å². The molecular formula is C47H57N5O6. The molecule has 0 bridgehead atoms. The molecule has 9 rings (SSSR count). The first-order chi connectivity index (χ1) is 27.8. The number of nitrogens with one attached hydrogen (secondary N) is 2. The van der Waals surface area contributed by atoms with E-state index in [4.69, 9.17) is 14.2 Å². The second-order valence-corrected chi connectivity index (χ2v) is 18.3. The number of amides is 3. The highest BCUT2D eigenvalue weighted by Crippen LogP contribution is 2.49. The van der Waals surface area contributed by atoms with Crippen LogP contribution in [0.2, 0.25) is 0 Å². The topological polar surface area (TPSA) is 120 Å². The molecule has 11 heteroatoms. The van der Waals surface area contributed by atoms with Crippen LogP contribution in [-0.2, 0) is 20.8 Å². The van der Waals surface area contributed by atoms with Crippen LogP contribution in [0, 0.1) is 5.92 Å². The Morgan fingerprint density at radius 3 is 1.74 bits per heavy atom. The summed E-state index contributed by atoms with van der Waals surface area (Å²) in [7, 11) is 0. The van der Waals surface area contributed by atoms with Gasteiger partial charge in [-0.05, 0) is 102 Å². The van der Waals surface area contributed by atoms with Crippen LogP contribution in [0.3, 0.4) is 0 Å². The highest BCUT2D eigenvalue weighted by molar-refractivity contribution is 5.85. The lowest BCUT2D eigenvalue weighted by atomic mass is 9.91. The van der Waals surface area contributed by atoms with E-state index in [0.717, 1.165) is 41.4 Å². The van der Waals surface area contributed by atoms with Crippen LogP contribution < -0.4 is 0 Å². The molecule has 6 atom stereocenters. The molecule has 3 amide bonds. The maximum absolute atomic E-state index is 13.2. The number of benzene rings is 3. The van der Waals surface area contributed by atoms with E-state index in [1.54, 1.807) is 0 Å². The van der Waals surface area contributed by atoms with E-state index in [1.807, 2.05) is 111 Å². The molecule has 1 saturated carbocycles. The van der Waals surface area contributed by atoms with Gasteiger partial charge in [0.2, 0.25) is 0 Å². The number of nitrogens with zero attached hydrogens (tertiary/aromatic N) is 3. The number of rotatable bonds is 4. The van der Waals surface area contributed by atoms with Gasteiger partial charge >= 0.3 is 18.3 Å². The van der Waals surface area contributed by atoms with Crippen molar-refractivity contribution in [3.8, 4) is 0 Å². The summed E-state index contributed by atoms with van der Waals surface area (Å²) in [6.45, 7) is 13.5. The molecule has 0 unspecified atom stereocenters. The Bertz CT molecular complexity index is 2250. The fraction of sp³-hybridized carbons (Fsp3) is 0.468. The molecule has 3 aromatic carbocycles. The third-order valence-corrected chi connectivity index (χ3v) is 12.2. The van der Waals surface area contributed by atoms with E-state index >= 15 is 0 Å². The summed E-state index contributed by atoms with van der Waals surface area (Å²) >= 11 is 0. The van der Waals surface area contributed by atoms with E-state index in [2.05, 4.69) is 46.5 Å². The normalized spacial score (nSPS) is 24.1. The van der Waals surface area contributed by atoms with Crippen molar-refractivity contribution < 1.29 is 28.6 Å². The highest BCUT2D eigenvalue weighted by atomic mass is 16.6. The van der Waals surface area contributed by atoms with Gasteiger partial charge in [0.05, 0.1) is 12.1 Å². The van der Waals surface area contributed by atoms with Gasteiger partial charge in [-0.15, -0.1) is 0 Å². The number of ether oxygens (including phenoxy) is 3. The number of aromatic amines is 2. The quantitative estimate of drug-likeness (QED) is 0.175. The summed E-state index contributed by atoms with van der Waals surface area (Å²) in [4.78, 5) is 51.4. The molecule has 2 aromatic heterocycles. The monoisotopic (exact) mass is 787 g/mol. The summed E-state index contributed by atoms with van der Waals surface area (Å²) < 4.78 is 17.1. The summed E-state index contributed by atoms with van der Waals surface area (Å²) in [5.41, 5.74) is 4.61. The van der Waals surface area contributed by atoms with Crippen molar-refractivity contribution in [1.29, 1.82) is 0 Å². The number of aromatic nitrogens is 2. The van der Waals surface area contributed by atoms with Crippen molar-refractivity contribution in [2.45, 2.75) is 115 Å². The molecular weight excluding hydrogens is 731 g/mol. The second-order valence-electron chi connectivity index (χ2n) is 18.3. The molecule has 3 aliphatic heterocycles. The lowest BCUT2D eigenvalue weighted by Gasteiger charge is -2.31. The first kappa shape index (κ1) is 39.4. The Labute approximate surface area is 341 Å². The van der Waals surface area contributed by atoms with Gasteiger partial charge in [-0.1, -0.05) is 66.7 Å². The number of carbonyl (C=O) groups is 3. The predicted molar refractivity (Wildman–Crippen MR) is 225 cm³/mol. The zero-order valence-corrected chi connectivity index (χ0v) is 34.6. The van der Waals surface area contributed by atoms with Crippen LogP contribution in [0.1, 0.15) is 95.8 Å². The number of carbonyl (C=O) groups excluding carboxylic acids is 3. The number of fused-ring (bicyclic) bond motifs is 4. The Kier molecular flexibility index (Phi) is 10.7. The first-order valence-corrected chi connectivity index (χ1v) is 20.8. The highest BCUT2D eigenvalue weighted by Gasteiger charge is 2.54. The average Bonchev–Trinajstić information content (AvgIpc) is 4.03. The fourth-order valence-corrected chi connectivity index (χ4v) is 9.89. The van der Waals surface area contributed by atoms with Crippen molar-refractivity contribution in [2.24, 2.45) is 5.92 Å². The minimum atomic E-state index is -0.585.